The Hall–Kier alpha value is -0.810. The molecule has 9 heteroatoms. The molecule has 0 spiro atoms. The molecule has 1 aliphatic rings. The summed E-state index contributed by atoms with van der Waals surface area (Å²) in [6.07, 6.45) is 44.1. The first-order valence-electron chi connectivity index (χ1n) is 27.2. The number of aliphatic hydroxyl groups is 5. The molecule has 0 bridgehead atoms. The smallest absolute Gasteiger partial charge is 0.220 e. The highest BCUT2D eigenvalue weighted by molar-refractivity contribution is 5.76. The predicted molar refractivity (Wildman–Crippen MR) is 258 cm³/mol. The maximum absolute atomic E-state index is 13.0. The van der Waals surface area contributed by atoms with E-state index in [1.165, 1.54) is 212 Å². The van der Waals surface area contributed by atoms with E-state index in [9.17, 15) is 30.3 Å². The summed E-state index contributed by atoms with van der Waals surface area (Å²) in [5, 5.41) is 54.6. The lowest BCUT2D eigenvalue weighted by atomic mass is 9.99. The van der Waals surface area contributed by atoms with Crippen molar-refractivity contribution >= 4 is 5.91 Å². The zero-order valence-corrected chi connectivity index (χ0v) is 40.9. The molecule has 1 saturated heterocycles. The zero-order valence-electron chi connectivity index (χ0n) is 40.9. The van der Waals surface area contributed by atoms with Crippen molar-refractivity contribution in [3.05, 3.63) is 0 Å². The highest BCUT2D eigenvalue weighted by Gasteiger charge is 2.44. The Kier molecular flexibility index (Phi) is 42.1. The standard InChI is InChI=1S/C53H105NO8/c1-3-5-7-9-11-13-15-17-19-21-22-23-24-25-26-27-29-31-33-35-37-39-41-43-49(57)54-46(45-61-53-52(60)51(59)50(58)48(44-55)62-53)47(56)42-40-38-36-34-32-30-28-20-18-16-14-12-10-8-6-4-2/h46-48,50-53,55-56,58-60H,3-45H2,1-2H3,(H,54,57)/t46-,47+,48+,50-,51?,52?,53+/m0/s1. The average molecular weight is 884 g/mol. The summed E-state index contributed by atoms with van der Waals surface area (Å²) in [7, 11) is 0. The van der Waals surface area contributed by atoms with Gasteiger partial charge in [-0.25, -0.2) is 0 Å². The SMILES string of the molecule is CCCCCCCCCCCCCCCCCCCCCCCCCC(=O)N[C@@H](CO[C@@H]1O[C@H](CO)[C@H](O)C(O)C1O)[C@H](O)CCCCCCCCCCCCCCCCCC. The predicted octanol–water partition coefficient (Wildman–Crippen LogP) is 12.7. The molecular formula is C53H105NO8. The third-order valence-electron chi connectivity index (χ3n) is 13.5. The van der Waals surface area contributed by atoms with Crippen LogP contribution in [-0.4, -0.2) is 87.5 Å². The Bertz CT molecular complexity index is 939. The molecule has 1 rings (SSSR count). The third kappa shape index (κ3) is 33.6. The second-order valence-corrected chi connectivity index (χ2v) is 19.4. The molecule has 1 fully saturated rings. The Morgan fingerprint density at radius 1 is 0.484 bits per heavy atom. The van der Waals surface area contributed by atoms with Crippen molar-refractivity contribution in [3.63, 3.8) is 0 Å². The van der Waals surface area contributed by atoms with Gasteiger partial charge >= 0.3 is 0 Å². The number of carbonyl (C=O) groups excluding carboxylic acids is 1. The summed E-state index contributed by atoms with van der Waals surface area (Å²) in [5.74, 6) is -0.137. The van der Waals surface area contributed by atoms with Crippen LogP contribution in [0.5, 0.6) is 0 Å². The van der Waals surface area contributed by atoms with Crippen LogP contribution in [0.25, 0.3) is 0 Å². The van der Waals surface area contributed by atoms with Gasteiger partial charge in [-0.05, 0) is 12.8 Å². The van der Waals surface area contributed by atoms with E-state index in [0.29, 0.717) is 12.8 Å². The van der Waals surface area contributed by atoms with Gasteiger partial charge in [0.1, 0.15) is 24.4 Å². The summed E-state index contributed by atoms with van der Waals surface area (Å²) in [6.45, 7) is 3.88. The molecule has 62 heavy (non-hydrogen) atoms. The molecule has 2 unspecified atom stereocenters. The summed E-state index contributed by atoms with van der Waals surface area (Å²) in [5.41, 5.74) is 0. The number of amides is 1. The number of rotatable bonds is 47. The first-order chi connectivity index (χ1) is 30.3. The van der Waals surface area contributed by atoms with Crippen LogP contribution >= 0.6 is 0 Å². The van der Waals surface area contributed by atoms with E-state index in [1.807, 2.05) is 0 Å². The molecule has 0 aliphatic carbocycles. The second kappa shape index (κ2) is 44.0. The number of aliphatic hydroxyl groups excluding tert-OH is 5. The van der Waals surface area contributed by atoms with Gasteiger partial charge in [-0.15, -0.1) is 0 Å². The minimum absolute atomic E-state index is 0.131. The first kappa shape index (κ1) is 59.2. The maximum atomic E-state index is 13.0. The van der Waals surface area contributed by atoms with Crippen molar-refractivity contribution in [2.75, 3.05) is 13.2 Å². The van der Waals surface area contributed by atoms with E-state index in [0.717, 1.165) is 38.5 Å². The summed E-state index contributed by atoms with van der Waals surface area (Å²) < 4.78 is 11.3. The van der Waals surface area contributed by atoms with E-state index in [2.05, 4.69) is 19.2 Å². The molecule has 0 aromatic rings. The fraction of sp³-hybridized carbons (Fsp3) is 0.981. The third-order valence-corrected chi connectivity index (χ3v) is 13.5. The minimum Gasteiger partial charge on any atom is -0.394 e. The Balaban J connectivity index is 2.20. The van der Waals surface area contributed by atoms with Crippen LogP contribution < -0.4 is 5.32 Å². The summed E-state index contributed by atoms with van der Waals surface area (Å²) in [6, 6.07) is -0.712. The van der Waals surface area contributed by atoms with E-state index < -0.39 is 49.5 Å². The molecule has 6 N–H and O–H groups in total. The Labute approximate surface area is 383 Å². The van der Waals surface area contributed by atoms with E-state index in [-0.39, 0.29) is 12.5 Å². The van der Waals surface area contributed by atoms with Gasteiger partial charge in [-0.2, -0.15) is 0 Å². The van der Waals surface area contributed by atoms with Crippen LogP contribution in [-0.2, 0) is 14.3 Å². The molecule has 7 atom stereocenters. The van der Waals surface area contributed by atoms with Crippen LogP contribution in [0.2, 0.25) is 0 Å². The van der Waals surface area contributed by atoms with Crippen molar-refractivity contribution in [2.45, 2.75) is 320 Å². The second-order valence-electron chi connectivity index (χ2n) is 19.4. The van der Waals surface area contributed by atoms with Crippen molar-refractivity contribution in [2.24, 2.45) is 0 Å². The normalized spacial score (nSPS) is 20.1. The Morgan fingerprint density at radius 2 is 0.806 bits per heavy atom. The van der Waals surface area contributed by atoms with Gasteiger partial charge in [0.25, 0.3) is 0 Å². The largest absolute Gasteiger partial charge is 0.394 e. The van der Waals surface area contributed by atoms with Crippen LogP contribution in [0, 0.1) is 0 Å². The molecule has 1 heterocycles. The molecule has 370 valence electrons. The number of hydrogen-bond acceptors (Lipinski definition) is 8. The van der Waals surface area contributed by atoms with Gasteiger partial charge in [-0.3, -0.25) is 4.79 Å². The van der Waals surface area contributed by atoms with Crippen LogP contribution in [0.4, 0.5) is 0 Å². The molecule has 0 aromatic heterocycles. The first-order valence-corrected chi connectivity index (χ1v) is 27.2. The van der Waals surface area contributed by atoms with Gasteiger partial charge in [0.15, 0.2) is 6.29 Å². The highest BCUT2D eigenvalue weighted by Crippen LogP contribution is 2.23. The lowest BCUT2D eigenvalue weighted by Gasteiger charge is -2.40. The number of unbranched alkanes of at least 4 members (excludes halogenated alkanes) is 37. The van der Waals surface area contributed by atoms with Crippen molar-refractivity contribution < 1.29 is 39.8 Å². The fourth-order valence-electron chi connectivity index (χ4n) is 9.11. The fourth-order valence-corrected chi connectivity index (χ4v) is 9.11. The number of nitrogens with one attached hydrogen (secondary N) is 1. The van der Waals surface area contributed by atoms with E-state index in [1.54, 1.807) is 0 Å². The van der Waals surface area contributed by atoms with Gasteiger partial charge in [0, 0.05) is 6.42 Å². The van der Waals surface area contributed by atoms with Crippen molar-refractivity contribution in [3.8, 4) is 0 Å². The zero-order chi connectivity index (χ0) is 45.1. The maximum Gasteiger partial charge on any atom is 0.220 e. The average Bonchev–Trinajstić information content (AvgIpc) is 3.27. The lowest BCUT2D eigenvalue weighted by Crippen LogP contribution is -2.60. The van der Waals surface area contributed by atoms with E-state index in [4.69, 9.17) is 9.47 Å². The van der Waals surface area contributed by atoms with Crippen LogP contribution in [0.1, 0.15) is 277 Å². The molecular weight excluding hydrogens is 779 g/mol. The van der Waals surface area contributed by atoms with Crippen molar-refractivity contribution in [1.82, 2.24) is 5.32 Å². The molecule has 9 nitrogen and oxygen atoms in total. The molecule has 1 amide bonds. The molecule has 1 aliphatic heterocycles. The van der Waals surface area contributed by atoms with Crippen LogP contribution in [0.3, 0.4) is 0 Å². The molecule has 0 radical (unpaired) electrons. The van der Waals surface area contributed by atoms with Gasteiger partial charge in [0.2, 0.25) is 5.91 Å². The molecule has 0 saturated carbocycles. The number of hydrogen-bond donors (Lipinski definition) is 6. The Morgan fingerprint density at radius 3 is 1.15 bits per heavy atom. The number of ether oxygens (including phenoxy) is 2. The van der Waals surface area contributed by atoms with Gasteiger partial charge in [0.05, 0.1) is 25.4 Å². The number of carbonyl (C=O) groups is 1. The van der Waals surface area contributed by atoms with Gasteiger partial charge in [-0.1, -0.05) is 258 Å². The van der Waals surface area contributed by atoms with E-state index >= 15 is 0 Å². The topological polar surface area (TPSA) is 149 Å². The monoisotopic (exact) mass is 884 g/mol. The van der Waals surface area contributed by atoms with Gasteiger partial charge < -0.3 is 40.3 Å². The summed E-state index contributed by atoms with van der Waals surface area (Å²) >= 11 is 0. The highest BCUT2D eigenvalue weighted by atomic mass is 16.7. The molecule has 0 aromatic carbocycles. The summed E-state index contributed by atoms with van der Waals surface area (Å²) in [4.78, 5) is 13.0. The lowest BCUT2D eigenvalue weighted by molar-refractivity contribution is -0.302. The quantitative estimate of drug-likeness (QED) is 0.0331. The van der Waals surface area contributed by atoms with Crippen LogP contribution in [0.15, 0.2) is 0 Å². The minimum atomic E-state index is -1.55. The van der Waals surface area contributed by atoms with Crippen molar-refractivity contribution in [1.29, 1.82) is 0 Å².